The molecule has 0 spiro atoms. The van der Waals surface area contributed by atoms with E-state index in [-0.39, 0.29) is 0 Å². The molecule has 0 bridgehead atoms. The van der Waals surface area contributed by atoms with E-state index in [0.29, 0.717) is 5.82 Å². The maximum atomic E-state index is 5.96. The minimum absolute atomic E-state index is 0.493. The molecule has 5 nitrogen and oxygen atoms in total. The molecule has 2 heterocycles. The van der Waals surface area contributed by atoms with Crippen LogP contribution in [0.2, 0.25) is 0 Å². The van der Waals surface area contributed by atoms with Gasteiger partial charge in [-0.05, 0) is 42.5 Å². The Morgan fingerprint density at radius 1 is 0.870 bits per heavy atom. The van der Waals surface area contributed by atoms with Gasteiger partial charge in [-0.15, -0.1) is 5.10 Å². The van der Waals surface area contributed by atoms with E-state index in [0.717, 1.165) is 28.1 Å². The predicted molar refractivity (Wildman–Crippen MR) is 89.8 cm³/mol. The normalized spacial score (nSPS) is 10.8. The van der Waals surface area contributed by atoms with Crippen LogP contribution in [-0.2, 0) is 0 Å². The molecule has 4 aromatic rings. The Bertz CT molecular complexity index is 946. The van der Waals surface area contributed by atoms with Crippen LogP contribution in [0.1, 0.15) is 0 Å². The Kier molecular flexibility index (Phi) is 3.16. The third-order valence-electron chi connectivity index (χ3n) is 3.57. The quantitative estimate of drug-likeness (QED) is 0.625. The second-order valence-electron chi connectivity index (χ2n) is 5.10. The summed E-state index contributed by atoms with van der Waals surface area (Å²) in [6.45, 7) is 0. The average Bonchev–Trinajstić information content (AvgIpc) is 2.94. The van der Waals surface area contributed by atoms with Crippen LogP contribution in [-0.4, -0.2) is 14.8 Å². The molecule has 23 heavy (non-hydrogen) atoms. The number of nitrogen functional groups attached to an aromatic ring is 1. The van der Waals surface area contributed by atoms with Gasteiger partial charge in [0.1, 0.15) is 11.5 Å². The summed E-state index contributed by atoms with van der Waals surface area (Å²) in [5.74, 6) is 2.06. The lowest BCUT2D eigenvalue weighted by Gasteiger charge is -2.07. The second-order valence-corrected chi connectivity index (χ2v) is 5.10. The zero-order valence-electron chi connectivity index (χ0n) is 12.3. The van der Waals surface area contributed by atoms with Crippen LogP contribution in [0.4, 0.5) is 5.82 Å². The maximum Gasteiger partial charge on any atom is 0.153 e. The van der Waals surface area contributed by atoms with Crippen molar-refractivity contribution < 1.29 is 4.74 Å². The zero-order valence-corrected chi connectivity index (χ0v) is 12.3. The standard InChI is InChI=1S/C18H14N4O/c19-18-16-10-11-20-12-17(16)22(21-18)13-6-8-15(9-7-13)23-14-4-2-1-3-5-14/h1-12H,(H2,19,21). The average molecular weight is 302 g/mol. The van der Waals surface area contributed by atoms with Crippen molar-refractivity contribution in [2.75, 3.05) is 5.73 Å². The molecule has 4 rings (SSSR count). The van der Waals surface area contributed by atoms with E-state index in [4.69, 9.17) is 10.5 Å². The van der Waals surface area contributed by atoms with Gasteiger partial charge in [0.15, 0.2) is 5.82 Å². The minimum atomic E-state index is 0.493. The summed E-state index contributed by atoms with van der Waals surface area (Å²) in [4.78, 5) is 4.14. The van der Waals surface area contributed by atoms with Crippen molar-refractivity contribution in [3.8, 4) is 17.2 Å². The number of benzene rings is 2. The molecule has 2 aromatic carbocycles. The van der Waals surface area contributed by atoms with Gasteiger partial charge in [0, 0.05) is 11.6 Å². The van der Waals surface area contributed by atoms with Crippen LogP contribution in [0, 0.1) is 0 Å². The summed E-state index contributed by atoms with van der Waals surface area (Å²) in [6.07, 6.45) is 3.47. The number of anilines is 1. The van der Waals surface area contributed by atoms with Gasteiger partial charge in [-0.2, -0.15) is 0 Å². The van der Waals surface area contributed by atoms with Crippen molar-refractivity contribution in [2.45, 2.75) is 0 Å². The highest BCUT2D eigenvalue weighted by Crippen LogP contribution is 2.25. The van der Waals surface area contributed by atoms with Crippen molar-refractivity contribution in [1.29, 1.82) is 0 Å². The summed E-state index contributed by atoms with van der Waals surface area (Å²) < 4.78 is 7.58. The van der Waals surface area contributed by atoms with E-state index in [9.17, 15) is 0 Å². The van der Waals surface area contributed by atoms with Gasteiger partial charge in [-0.3, -0.25) is 4.98 Å². The number of pyridine rings is 1. The minimum Gasteiger partial charge on any atom is -0.457 e. The number of nitrogens with zero attached hydrogens (tertiary/aromatic N) is 3. The predicted octanol–water partition coefficient (Wildman–Crippen LogP) is 3.80. The largest absolute Gasteiger partial charge is 0.457 e. The van der Waals surface area contributed by atoms with E-state index < -0.39 is 0 Å². The van der Waals surface area contributed by atoms with Crippen LogP contribution >= 0.6 is 0 Å². The Morgan fingerprint density at radius 3 is 2.39 bits per heavy atom. The van der Waals surface area contributed by atoms with E-state index in [1.54, 1.807) is 17.1 Å². The molecule has 0 aliphatic heterocycles. The van der Waals surface area contributed by atoms with E-state index in [1.165, 1.54) is 0 Å². The highest BCUT2D eigenvalue weighted by Gasteiger charge is 2.09. The number of fused-ring (bicyclic) bond motifs is 1. The van der Waals surface area contributed by atoms with E-state index in [2.05, 4.69) is 10.1 Å². The van der Waals surface area contributed by atoms with Gasteiger partial charge in [0.05, 0.1) is 17.4 Å². The van der Waals surface area contributed by atoms with Crippen LogP contribution in [0.25, 0.3) is 16.6 Å². The van der Waals surface area contributed by atoms with Gasteiger partial charge in [0.2, 0.25) is 0 Å². The molecule has 5 heteroatoms. The molecule has 0 fully saturated rings. The van der Waals surface area contributed by atoms with Crippen molar-refractivity contribution in [1.82, 2.24) is 14.8 Å². The molecule has 2 aromatic heterocycles. The lowest BCUT2D eigenvalue weighted by molar-refractivity contribution is 0.482. The third-order valence-corrected chi connectivity index (χ3v) is 3.57. The second kappa shape index (κ2) is 5.46. The van der Waals surface area contributed by atoms with Crippen molar-refractivity contribution in [3.63, 3.8) is 0 Å². The number of para-hydroxylation sites is 1. The molecular formula is C18H14N4O. The fraction of sp³-hybridized carbons (Fsp3) is 0. The first kappa shape index (κ1) is 13.3. The molecule has 0 aliphatic rings. The Morgan fingerprint density at radius 2 is 1.61 bits per heavy atom. The van der Waals surface area contributed by atoms with Crippen LogP contribution in [0.5, 0.6) is 11.5 Å². The smallest absolute Gasteiger partial charge is 0.153 e. The lowest BCUT2D eigenvalue weighted by Crippen LogP contribution is -1.97. The number of hydrogen-bond donors (Lipinski definition) is 1. The van der Waals surface area contributed by atoms with Gasteiger partial charge >= 0.3 is 0 Å². The molecule has 0 amide bonds. The van der Waals surface area contributed by atoms with Gasteiger partial charge in [0.25, 0.3) is 0 Å². The molecule has 0 saturated carbocycles. The van der Waals surface area contributed by atoms with Crippen LogP contribution in [0.3, 0.4) is 0 Å². The van der Waals surface area contributed by atoms with E-state index in [1.807, 2.05) is 60.7 Å². The summed E-state index contributed by atoms with van der Waals surface area (Å²) in [6, 6.07) is 19.2. The number of rotatable bonds is 3. The zero-order chi connectivity index (χ0) is 15.6. The fourth-order valence-electron chi connectivity index (χ4n) is 2.46. The topological polar surface area (TPSA) is 66.0 Å². The monoisotopic (exact) mass is 302 g/mol. The summed E-state index contributed by atoms with van der Waals surface area (Å²) in [5, 5.41) is 5.28. The molecule has 0 saturated heterocycles. The summed E-state index contributed by atoms with van der Waals surface area (Å²) >= 11 is 0. The first-order chi connectivity index (χ1) is 11.3. The SMILES string of the molecule is Nc1nn(-c2ccc(Oc3ccccc3)cc2)c2cnccc12. The van der Waals surface area contributed by atoms with Gasteiger partial charge < -0.3 is 10.5 Å². The van der Waals surface area contributed by atoms with Crippen molar-refractivity contribution in [3.05, 3.63) is 73.1 Å². The highest BCUT2D eigenvalue weighted by atomic mass is 16.5. The highest BCUT2D eigenvalue weighted by molar-refractivity contribution is 5.89. The molecule has 0 unspecified atom stereocenters. The van der Waals surface area contributed by atoms with Crippen molar-refractivity contribution >= 4 is 16.7 Å². The molecule has 0 radical (unpaired) electrons. The number of ether oxygens (including phenoxy) is 1. The Balaban J connectivity index is 1.67. The summed E-state index contributed by atoms with van der Waals surface area (Å²) in [7, 11) is 0. The number of aromatic nitrogens is 3. The maximum absolute atomic E-state index is 5.96. The molecule has 0 aliphatic carbocycles. The molecular weight excluding hydrogens is 288 g/mol. The first-order valence-electron chi connectivity index (χ1n) is 7.23. The Hall–Kier alpha value is -3.34. The fourth-order valence-corrected chi connectivity index (χ4v) is 2.46. The van der Waals surface area contributed by atoms with Crippen LogP contribution in [0.15, 0.2) is 73.1 Å². The first-order valence-corrected chi connectivity index (χ1v) is 7.23. The van der Waals surface area contributed by atoms with Crippen LogP contribution < -0.4 is 10.5 Å². The lowest BCUT2D eigenvalue weighted by atomic mass is 10.2. The Labute approximate surface area is 133 Å². The molecule has 112 valence electrons. The number of nitrogens with two attached hydrogens (primary N) is 1. The molecule has 0 atom stereocenters. The van der Waals surface area contributed by atoms with E-state index >= 15 is 0 Å². The van der Waals surface area contributed by atoms with Gasteiger partial charge in [-0.1, -0.05) is 18.2 Å². The third kappa shape index (κ3) is 2.48. The number of hydrogen-bond acceptors (Lipinski definition) is 4. The van der Waals surface area contributed by atoms with Gasteiger partial charge in [-0.25, -0.2) is 4.68 Å². The summed E-state index contributed by atoms with van der Waals surface area (Å²) in [5.41, 5.74) is 7.74. The van der Waals surface area contributed by atoms with Crippen molar-refractivity contribution in [2.24, 2.45) is 0 Å². The molecule has 2 N–H and O–H groups in total.